The molecule has 0 amide bonds. The lowest BCUT2D eigenvalue weighted by Gasteiger charge is -2.42. The molecule has 6 heteroatoms. The van der Waals surface area contributed by atoms with Gasteiger partial charge in [-0.15, -0.1) is 0 Å². The van der Waals surface area contributed by atoms with E-state index < -0.39 is 23.4 Å². The number of hydrogen-bond donors (Lipinski definition) is 1. The highest BCUT2D eigenvalue weighted by Gasteiger charge is 2.57. The molecule has 1 N–H and O–H groups in total. The minimum absolute atomic E-state index is 0.0229. The van der Waals surface area contributed by atoms with Gasteiger partial charge in [-0.25, -0.2) is 8.78 Å². The van der Waals surface area contributed by atoms with Crippen LogP contribution in [0.3, 0.4) is 0 Å². The molecule has 1 saturated carbocycles. The Bertz CT molecular complexity index is 1080. The Balaban J connectivity index is 1.40. The van der Waals surface area contributed by atoms with E-state index in [2.05, 4.69) is 33.0 Å². The third kappa shape index (κ3) is 6.32. The van der Waals surface area contributed by atoms with Crippen LogP contribution in [0.1, 0.15) is 95.7 Å². The third-order valence-electron chi connectivity index (χ3n) is 8.77. The Kier molecular flexibility index (Phi) is 9.65. The zero-order valence-electron chi connectivity index (χ0n) is 23.1. The molecule has 208 valence electrons. The van der Waals surface area contributed by atoms with E-state index in [9.17, 15) is 9.18 Å². The van der Waals surface area contributed by atoms with Crippen molar-refractivity contribution in [3.8, 4) is 0 Å². The summed E-state index contributed by atoms with van der Waals surface area (Å²) in [5.74, 6) is 0.0292. The number of ketones is 1. The molecule has 0 aromatic heterocycles. The number of hydrogen-bond acceptors (Lipinski definition) is 3. The van der Waals surface area contributed by atoms with Gasteiger partial charge in [-0.1, -0.05) is 82.5 Å². The molecular formula is C32H42ClF2NO2. The normalized spacial score (nSPS) is 25.1. The summed E-state index contributed by atoms with van der Waals surface area (Å²) in [5, 5.41) is 3.52. The van der Waals surface area contributed by atoms with Gasteiger partial charge in [0.2, 0.25) is 0 Å². The highest BCUT2D eigenvalue weighted by Crippen LogP contribution is 2.51. The smallest absolute Gasteiger partial charge is 0.149 e. The van der Waals surface area contributed by atoms with Crippen LogP contribution in [0.4, 0.5) is 8.78 Å². The number of carbonyl (C=O) groups is 1. The lowest BCUT2D eigenvalue weighted by molar-refractivity contribution is -0.122. The van der Waals surface area contributed by atoms with Gasteiger partial charge in [-0.3, -0.25) is 10.1 Å². The van der Waals surface area contributed by atoms with Gasteiger partial charge in [0, 0.05) is 29.9 Å². The van der Waals surface area contributed by atoms with Crippen LogP contribution in [-0.2, 0) is 9.53 Å². The van der Waals surface area contributed by atoms with Gasteiger partial charge < -0.3 is 4.74 Å². The molecule has 1 saturated heterocycles. The molecule has 0 radical (unpaired) electrons. The zero-order valence-corrected chi connectivity index (χ0v) is 23.9. The van der Waals surface area contributed by atoms with E-state index in [1.54, 1.807) is 0 Å². The number of Topliss-reactive ketones (excluding diaryl/α,β-unsaturated/α-hetero) is 1. The molecule has 2 aliphatic rings. The molecule has 3 nitrogen and oxygen atoms in total. The van der Waals surface area contributed by atoms with Crippen molar-refractivity contribution in [3.63, 3.8) is 0 Å². The van der Waals surface area contributed by atoms with Crippen molar-refractivity contribution in [3.05, 3.63) is 70.2 Å². The number of carbonyl (C=O) groups excluding carboxylic acids is 1. The SMILES string of the molecule is CCCC(CC)[C@H](NC1(C2CC(CCC(=O)C(c3ccccc3)C(C)C)C2)CO1)c1c(F)ccc(Cl)c1F. The van der Waals surface area contributed by atoms with Crippen molar-refractivity contribution in [2.45, 2.75) is 90.3 Å². The number of epoxide rings is 1. The van der Waals surface area contributed by atoms with E-state index in [1.807, 2.05) is 30.3 Å². The van der Waals surface area contributed by atoms with Crippen LogP contribution in [0.15, 0.2) is 42.5 Å². The second-order valence-electron chi connectivity index (χ2n) is 11.7. The van der Waals surface area contributed by atoms with Gasteiger partial charge in [0.05, 0.1) is 11.6 Å². The van der Waals surface area contributed by atoms with E-state index in [-0.39, 0.29) is 34.3 Å². The summed E-state index contributed by atoms with van der Waals surface area (Å²) >= 11 is 6.07. The molecule has 3 unspecified atom stereocenters. The third-order valence-corrected chi connectivity index (χ3v) is 9.06. The Morgan fingerprint density at radius 3 is 2.39 bits per heavy atom. The van der Waals surface area contributed by atoms with E-state index >= 15 is 4.39 Å². The lowest BCUT2D eigenvalue weighted by Crippen LogP contribution is -2.49. The molecule has 38 heavy (non-hydrogen) atoms. The molecule has 2 fully saturated rings. The quantitative estimate of drug-likeness (QED) is 0.191. The summed E-state index contributed by atoms with van der Waals surface area (Å²) in [6, 6.07) is 12.1. The van der Waals surface area contributed by atoms with Gasteiger partial charge in [-0.2, -0.15) is 0 Å². The topological polar surface area (TPSA) is 41.6 Å². The van der Waals surface area contributed by atoms with Crippen LogP contribution in [-0.4, -0.2) is 18.1 Å². The number of halogens is 3. The van der Waals surface area contributed by atoms with Crippen molar-refractivity contribution in [2.75, 3.05) is 6.61 Å². The molecule has 2 aromatic carbocycles. The largest absolute Gasteiger partial charge is 0.353 e. The maximum absolute atomic E-state index is 15.1. The van der Waals surface area contributed by atoms with Crippen molar-refractivity contribution in [1.29, 1.82) is 0 Å². The summed E-state index contributed by atoms with van der Waals surface area (Å²) in [7, 11) is 0. The fourth-order valence-electron chi connectivity index (χ4n) is 6.47. The van der Waals surface area contributed by atoms with Crippen LogP contribution < -0.4 is 5.32 Å². The predicted octanol–water partition coefficient (Wildman–Crippen LogP) is 8.62. The summed E-state index contributed by atoms with van der Waals surface area (Å²) in [6.45, 7) is 8.91. The summed E-state index contributed by atoms with van der Waals surface area (Å²) in [6.07, 6.45) is 5.92. The molecular weight excluding hydrogens is 504 g/mol. The van der Waals surface area contributed by atoms with Gasteiger partial charge in [0.25, 0.3) is 0 Å². The van der Waals surface area contributed by atoms with Crippen LogP contribution >= 0.6 is 11.6 Å². The van der Waals surface area contributed by atoms with Crippen molar-refractivity contribution in [2.24, 2.45) is 23.7 Å². The van der Waals surface area contributed by atoms with Crippen molar-refractivity contribution in [1.82, 2.24) is 5.32 Å². The van der Waals surface area contributed by atoms with Gasteiger partial charge in [0.1, 0.15) is 23.1 Å². The second-order valence-corrected chi connectivity index (χ2v) is 12.1. The van der Waals surface area contributed by atoms with Gasteiger partial charge >= 0.3 is 0 Å². The van der Waals surface area contributed by atoms with Gasteiger partial charge in [-0.05, 0) is 61.1 Å². The number of ether oxygens (including phenoxy) is 1. The first-order valence-electron chi connectivity index (χ1n) is 14.3. The zero-order chi connectivity index (χ0) is 27.4. The molecule has 1 aliphatic carbocycles. The van der Waals surface area contributed by atoms with Gasteiger partial charge in [0.15, 0.2) is 0 Å². The first-order chi connectivity index (χ1) is 18.2. The van der Waals surface area contributed by atoms with Crippen LogP contribution in [0.25, 0.3) is 0 Å². The van der Waals surface area contributed by atoms with E-state index in [0.29, 0.717) is 24.7 Å². The molecule has 1 aliphatic heterocycles. The summed E-state index contributed by atoms with van der Waals surface area (Å²) in [4.78, 5) is 13.2. The maximum atomic E-state index is 15.1. The minimum atomic E-state index is -0.683. The van der Waals surface area contributed by atoms with Crippen LogP contribution in [0, 0.1) is 35.3 Å². The first-order valence-corrected chi connectivity index (χ1v) is 14.7. The maximum Gasteiger partial charge on any atom is 0.149 e. The second kappa shape index (κ2) is 12.6. The Labute approximate surface area is 231 Å². The predicted molar refractivity (Wildman–Crippen MR) is 149 cm³/mol. The number of benzene rings is 2. The average Bonchev–Trinajstić information content (AvgIpc) is 3.64. The molecule has 0 bridgehead atoms. The standard InChI is InChI=1S/C32H42ClF2NO2/c1-5-10-22(6-2)31(29-26(34)15-14-25(33)30(29)35)36-32(19-38-32)24-17-21(18-24)13-16-27(37)28(20(3)4)23-11-8-7-9-12-23/h7-9,11-12,14-15,20-22,24,28,31,36H,5-6,10,13,16-19H2,1-4H3/t21?,22?,24?,28?,31-,32?/m0/s1. The fourth-order valence-corrected chi connectivity index (χ4v) is 6.63. The minimum Gasteiger partial charge on any atom is -0.353 e. The van der Waals surface area contributed by atoms with E-state index in [0.717, 1.165) is 44.1 Å². The summed E-state index contributed by atoms with van der Waals surface area (Å²) in [5.41, 5.74) is 0.560. The molecule has 4 rings (SSSR count). The summed E-state index contributed by atoms with van der Waals surface area (Å²) < 4.78 is 36.1. The molecule has 0 spiro atoms. The van der Waals surface area contributed by atoms with E-state index in [1.165, 1.54) is 12.1 Å². The first kappa shape index (κ1) is 29.2. The number of rotatable bonds is 14. The lowest BCUT2D eigenvalue weighted by atomic mass is 9.68. The van der Waals surface area contributed by atoms with Crippen molar-refractivity contribution >= 4 is 17.4 Å². The van der Waals surface area contributed by atoms with Crippen molar-refractivity contribution < 1.29 is 18.3 Å². The molecule has 2 aromatic rings. The Morgan fingerprint density at radius 2 is 1.82 bits per heavy atom. The Hall–Kier alpha value is -1.82. The highest BCUT2D eigenvalue weighted by atomic mass is 35.5. The number of nitrogens with one attached hydrogen (secondary N) is 1. The van der Waals surface area contributed by atoms with Crippen LogP contribution in [0.2, 0.25) is 5.02 Å². The molecule has 4 atom stereocenters. The Morgan fingerprint density at radius 1 is 1.13 bits per heavy atom. The average molecular weight is 546 g/mol. The van der Waals surface area contributed by atoms with E-state index in [4.69, 9.17) is 16.3 Å². The fraction of sp³-hybridized carbons (Fsp3) is 0.594. The molecule has 1 heterocycles. The highest BCUT2D eigenvalue weighted by molar-refractivity contribution is 6.30. The van der Waals surface area contributed by atoms with Crippen LogP contribution in [0.5, 0.6) is 0 Å². The monoisotopic (exact) mass is 545 g/mol.